The molecule has 0 aliphatic rings. The molecular weight excluding hydrogens is 1670 g/mol. The summed E-state index contributed by atoms with van der Waals surface area (Å²) in [6.07, 6.45) is 1.74. The Hall–Kier alpha value is -18.4. The smallest absolute Gasteiger partial charge is 0.260 e. The second-order valence-electron chi connectivity index (χ2n) is 29.4. The third kappa shape index (κ3) is 21.5. The molecule has 19 rings (SSSR count). The minimum Gasteiger partial charge on any atom is -0.356 e. The minimum absolute atomic E-state index is 0.107. The number of fused-ring (bicyclic) bond motifs is 3. The summed E-state index contributed by atoms with van der Waals surface area (Å²) in [6.45, 7) is 11.5. The SMILES string of the molecule is CCN(CC)c1nc(Nc2nc(NC(=O)c3ccccc3)nn2-c2ccccc2)c2ccccc2n1.CCN(CC)c1nc(Nc2nc(NC(=O)c3ccccc3)nn2-c2ccccc2)nc2ccccc12.CN(C(=O)c1ccccc1)c1nc(NC(=O)c2ccccc2)nn1-c1ccccc1.O=C(Nc1nc(Nc2nccc3ccccc23)n(-c2ccccc2)n1)c1ccccc1. The van der Waals surface area contributed by atoms with Gasteiger partial charge in [0.2, 0.25) is 35.7 Å². The Morgan fingerprint density at radius 1 is 0.286 bits per heavy atom. The number of hydrogen-bond donors (Lipinski definition) is 7. The molecule has 32 nitrogen and oxygen atoms in total. The summed E-state index contributed by atoms with van der Waals surface area (Å²) < 4.78 is 6.44. The zero-order valence-corrected chi connectivity index (χ0v) is 72.9. The van der Waals surface area contributed by atoms with Gasteiger partial charge in [-0.2, -0.15) is 48.6 Å². The van der Waals surface area contributed by atoms with Crippen LogP contribution in [-0.4, -0.2) is 147 Å². The number of nitrogens with zero attached hydrogens (tertiary/aromatic N) is 20. The molecule has 0 aliphatic heterocycles. The van der Waals surface area contributed by atoms with Gasteiger partial charge in [0.15, 0.2) is 0 Å². The van der Waals surface area contributed by atoms with Crippen molar-refractivity contribution < 1.29 is 24.0 Å². The van der Waals surface area contributed by atoms with Gasteiger partial charge in [0.25, 0.3) is 53.3 Å². The molecule has 658 valence electrons. The van der Waals surface area contributed by atoms with Crippen molar-refractivity contribution >= 4 is 139 Å². The molecule has 0 fully saturated rings. The topological polar surface area (TPSA) is 367 Å². The number of rotatable bonds is 26. The van der Waals surface area contributed by atoms with Gasteiger partial charge in [-0.1, -0.05) is 212 Å². The fourth-order valence-electron chi connectivity index (χ4n) is 14.0. The van der Waals surface area contributed by atoms with Gasteiger partial charge in [-0.05, 0) is 173 Å². The average molecular weight is 1760 g/mol. The van der Waals surface area contributed by atoms with E-state index >= 15 is 0 Å². The van der Waals surface area contributed by atoms with Crippen LogP contribution in [0.25, 0.3) is 55.3 Å². The van der Waals surface area contributed by atoms with Crippen LogP contribution in [0.5, 0.6) is 0 Å². The Bertz CT molecular complexity index is 7170. The van der Waals surface area contributed by atoms with Crippen LogP contribution in [-0.2, 0) is 0 Å². The molecule has 7 aromatic heterocycles. The quantitative estimate of drug-likeness (QED) is 0.0265. The zero-order chi connectivity index (χ0) is 91.8. The lowest BCUT2D eigenvalue weighted by Gasteiger charge is -2.22. The van der Waals surface area contributed by atoms with E-state index in [9.17, 15) is 24.0 Å². The molecule has 0 atom stereocenters. The lowest BCUT2D eigenvalue weighted by Crippen LogP contribution is -2.29. The number of amides is 5. The number of carbonyl (C=O) groups excluding carboxylic acids is 5. The van der Waals surface area contributed by atoms with Crippen molar-refractivity contribution in [1.29, 1.82) is 0 Å². The van der Waals surface area contributed by atoms with Crippen molar-refractivity contribution in [2.24, 2.45) is 0 Å². The normalized spacial score (nSPS) is 10.7. The van der Waals surface area contributed by atoms with E-state index in [1.807, 2.05) is 267 Å². The van der Waals surface area contributed by atoms with Crippen LogP contribution in [0.2, 0.25) is 0 Å². The van der Waals surface area contributed by atoms with Crippen LogP contribution < -0.4 is 51.9 Å². The van der Waals surface area contributed by atoms with Crippen molar-refractivity contribution in [3.8, 4) is 22.7 Å². The second kappa shape index (κ2) is 42.3. The number of carbonyl (C=O) groups is 5. The van der Waals surface area contributed by atoms with Crippen LogP contribution in [0.4, 0.5) is 76.9 Å². The first-order valence-electron chi connectivity index (χ1n) is 42.8. The predicted octanol–water partition coefficient (Wildman–Crippen LogP) is 18.7. The second-order valence-corrected chi connectivity index (χ2v) is 29.4. The van der Waals surface area contributed by atoms with E-state index in [0.717, 1.165) is 81.6 Å². The van der Waals surface area contributed by atoms with E-state index in [2.05, 4.69) is 120 Å². The van der Waals surface area contributed by atoms with E-state index in [1.54, 1.807) is 112 Å². The summed E-state index contributed by atoms with van der Waals surface area (Å²) >= 11 is 0. The van der Waals surface area contributed by atoms with Crippen LogP contribution in [0.15, 0.2) is 358 Å². The van der Waals surface area contributed by atoms with Crippen molar-refractivity contribution in [2.75, 3.05) is 85.1 Å². The highest BCUT2D eigenvalue weighted by Gasteiger charge is 2.26. The molecule has 5 amide bonds. The molecule has 0 radical (unpaired) electrons. The molecule has 0 saturated carbocycles. The number of nitrogens with one attached hydrogen (secondary N) is 7. The Labute approximate surface area is 764 Å². The van der Waals surface area contributed by atoms with Gasteiger partial charge >= 0.3 is 0 Å². The van der Waals surface area contributed by atoms with E-state index in [-0.39, 0.29) is 53.3 Å². The van der Waals surface area contributed by atoms with Gasteiger partial charge in [0.05, 0.1) is 33.8 Å². The molecular formula is C101H89N27O5. The van der Waals surface area contributed by atoms with Crippen LogP contribution in [0.3, 0.4) is 0 Å². The predicted molar refractivity (Wildman–Crippen MR) is 520 cm³/mol. The maximum atomic E-state index is 12.9. The monoisotopic (exact) mass is 1760 g/mol. The van der Waals surface area contributed by atoms with Crippen molar-refractivity contribution in [1.82, 2.24) is 84.0 Å². The van der Waals surface area contributed by atoms with Crippen LogP contribution in [0, 0.1) is 0 Å². The molecule has 133 heavy (non-hydrogen) atoms. The first-order chi connectivity index (χ1) is 65.2. The Kier molecular flexibility index (Phi) is 28.0. The fraction of sp³-hybridized carbons (Fsp3) is 0.0891. The number of aromatic nitrogens is 17. The third-order valence-corrected chi connectivity index (χ3v) is 20.7. The molecule has 19 aromatic rings. The van der Waals surface area contributed by atoms with E-state index in [1.165, 1.54) is 9.58 Å². The standard InChI is InChI=1S/2C27H26N8O.C24H18N6O.C23H19N5O2/c1-3-34(4-2)26-28-22-18-12-11-17-21(22)23(29-26)30-27-32-25(31-24(36)19-13-7-5-8-14-19)33-35(27)20-15-9-6-10-16-20;1-3-34(4-2)23-21-17-11-12-18-22(21)28-25(29-23)31-27-32-26(30-24(36)19-13-7-5-8-14-19)33-35(27)20-15-9-6-10-16-20;31-22(18-10-3-1-4-11-18)27-23-28-24(30(29-23)19-12-5-2-6-13-19)26-21-20-14-8-7-9-17(20)15-16-25-21;1-27(21(30)18-13-7-3-8-14-18)23-25-22(24-20(29)17-11-5-2-6-12-17)26-28(23)19-15-9-4-10-16-19/h2*5-18H,3-4H2,1-2H3,(H2,28,29,30,31,32,33,36);1-16H,(H2,25,26,27,28,29,31);2-16H,1H3,(H,24,26,29). The largest absolute Gasteiger partial charge is 0.356 e. The Morgan fingerprint density at radius 3 is 1.04 bits per heavy atom. The Balaban J connectivity index is 0.000000130. The fourth-order valence-corrected chi connectivity index (χ4v) is 14.0. The summed E-state index contributed by atoms with van der Waals surface area (Å²) in [7, 11) is 1.63. The highest BCUT2D eigenvalue weighted by Crippen LogP contribution is 2.33. The molecule has 12 aromatic carbocycles. The van der Waals surface area contributed by atoms with Crippen molar-refractivity contribution in [2.45, 2.75) is 27.7 Å². The summed E-state index contributed by atoms with van der Waals surface area (Å²) in [5.41, 5.74) is 7.31. The molecule has 32 heteroatoms. The number of anilines is 13. The van der Waals surface area contributed by atoms with Gasteiger partial charge in [-0.15, -0.1) is 20.4 Å². The summed E-state index contributed by atoms with van der Waals surface area (Å²) in [4.78, 5) is 111. The van der Waals surface area contributed by atoms with Crippen LogP contribution in [0.1, 0.15) is 79.5 Å². The molecule has 0 aliphatic carbocycles. The highest BCUT2D eigenvalue weighted by molar-refractivity contribution is 6.07. The highest BCUT2D eigenvalue weighted by atomic mass is 16.2. The van der Waals surface area contributed by atoms with Crippen molar-refractivity contribution in [3.05, 3.63) is 386 Å². The molecule has 7 N–H and O–H groups in total. The van der Waals surface area contributed by atoms with E-state index in [4.69, 9.17) is 19.9 Å². The maximum absolute atomic E-state index is 12.9. The number of hydrogen-bond acceptors (Lipinski definition) is 23. The molecule has 7 heterocycles. The maximum Gasteiger partial charge on any atom is 0.260 e. The first-order valence-corrected chi connectivity index (χ1v) is 42.8. The van der Waals surface area contributed by atoms with Gasteiger partial charge < -0.3 is 20.4 Å². The Morgan fingerprint density at radius 2 is 0.617 bits per heavy atom. The lowest BCUT2D eigenvalue weighted by molar-refractivity contribution is 0.0987. The minimum atomic E-state index is -0.329. The first kappa shape index (κ1) is 88.1. The molecule has 0 saturated heterocycles. The molecule has 0 unspecified atom stereocenters. The van der Waals surface area contributed by atoms with Gasteiger partial charge in [0, 0.05) is 83.4 Å². The van der Waals surface area contributed by atoms with Gasteiger partial charge in [0.1, 0.15) is 17.5 Å². The third-order valence-electron chi connectivity index (χ3n) is 20.7. The zero-order valence-electron chi connectivity index (χ0n) is 72.9. The summed E-state index contributed by atoms with van der Waals surface area (Å²) in [6, 6.07) is 108. The summed E-state index contributed by atoms with van der Waals surface area (Å²) in [5.74, 6) is 3.88. The van der Waals surface area contributed by atoms with Gasteiger partial charge in [-0.3, -0.25) is 55.5 Å². The number of benzene rings is 12. The van der Waals surface area contributed by atoms with Crippen LogP contribution >= 0.6 is 0 Å². The number of para-hydroxylation sites is 6. The number of pyridine rings is 1. The summed E-state index contributed by atoms with van der Waals surface area (Å²) in [5, 5.41) is 42.8. The van der Waals surface area contributed by atoms with Gasteiger partial charge in [-0.25, -0.2) is 15.0 Å². The molecule has 0 spiro atoms. The average Bonchev–Trinajstić information content (AvgIpc) is 1.34. The molecule has 0 bridgehead atoms. The van der Waals surface area contributed by atoms with Crippen molar-refractivity contribution in [3.63, 3.8) is 0 Å². The van der Waals surface area contributed by atoms with E-state index in [0.29, 0.717) is 80.8 Å². The lowest BCUT2D eigenvalue weighted by atomic mass is 10.1. The van der Waals surface area contributed by atoms with E-state index < -0.39 is 0 Å².